The summed E-state index contributed by atoms with van der Waals surface area (Å²) in [7, 11) is 0. The third kappa shape index (κ3) is 6.15. The summed E-state index contributed by atoms with van der Waals surface area (Å²) in [6.07, 6.45) is 0.968. The molecule has 5 nitrogen and oxygen atoms in total. The fourth-order valence-corrected chi connectivity index (χ4v) is 3.54. The molecule has 1 aromatic heterocycles. The minimum Gasteiger partial charge on any atom is -0.486 e. The van der Waals surface area contributed by atoms with Gasteiger partial charge in [0.05, 0.1) is 5.75 Å². The zero-order chi connectivity index (χ0) is 20.6. The van der Waals surface area contributed by atoms with Gasteiger partial charge >= 0.3 is 0 Å². The highest BCUT2D eigenvalue weighted by atomic mass is 32.2. The highest BCUT2D eigenvalue weighted by Gasteiger charge is 2.16. The van der Waals surface area contributed by atoms with Gasteiger partial charge in [-0.05, 0) is 48.7 Å². The average Bonchev–Trinajstić information content (AvgIpc) is 3.12. The highest BCUT2D eigenvalue weighted by molar-refractivity contribution is 7.99. The second-order valence-corrected chi connectivity index (χ2v) is 8.00. The van der Waals surface area contributed by atoms with Crippen molar-refractivity contribution in [3.63, 3.8) is 0 Å². The number of ketones is 1. The maximum atomic E-state index is 13.1. The number of halogens is 1. The van der Waals surface area contributed by atoms with Crippen LogP contribution in [0.4, 0.5) is 4.39 Å². The number of ether oxygens (including phenoxy) is 1. The van der Waals surface area contributed by atoms with E-state index in [1.54, 1.807) is 0 Å². The lowest BCUT2D eigenvalue weighted by Gasteiger charge is -2.12. The van der Waals surface area contributed by atoms with Crippen LogP contribution in [0.1, 0.15) is 36.5 Å². The Kier molecular flexibility index (Phi) is 7.41. The van der Waals surface area contributed by atoms with Crippen molar-refractivity contribution in [2.24, 2.45) is 5.92 Å². The molecule has 0 aliphatic heterocycles. The van der Waals surface area contributed by atoms with E-state index in [2.05, 4.69) is 24.0 Å². The molecule has 0 N–H and O–H groups in total. The van der Waals surface area contributed by atoms with Crippen molar-refractivity contribution in [3.05, 3.63) is 71.8 Å². The van der Waals surface area contributed by atoms with Gasteiger partial charge in [-0.25, -0.2) is 4.39 Å². The Morgan fingerprint density at radius 1 is 1.10 bits per heavy atom. The molecule has 0 saturated carbocycles. The first-order valence-electron chi connectivity index (χ1n) is 9.54. The fraction of sp³-hybridized carbons (Fsp3) is 0.318. The maximum Gasteiger partial charge on any atom is 0.191 e. The van der Waals surface area contributed by atoms with Crippen molar-refractivity contribution in [1.29, 1.82) is 0 Å². The number of benzene rings is 2. The number of aromatic nitrogens is 3. The molecule has 7 heteroatoms. The second-order valence-electron chi connectivity index (χ2n) is 7.05. The van der Waals surface area contributed by atoms with Crippen LogP contribution in [-0.2, 0) is 13.2 Å². The lowest BCUT2D eigenvalue weighted by molar-refractivity contribution is 0.102. The second kappa shape index (κ2) is 10.2. The Bertz CT molecular complexity index is 927. The van der Waals surface area contributed by atoms with Gasteiger partial charge < -0.3 is 9.30 Å². The third-order valence-electron chi connectivity index (χ3n) is 4.33. The van der Waals surface area contributed by atoms with Gasteiger partial charge in [0.2, 0.25) is 0 Å². The molecule has 3 aromatic rings. The molecule has 1 heterocycles. The molecule has 29 heavy (non-hydrogen) atoms. The van der Waals surface area contributed by atoms with Crippen LogP contribution >= 0.6 is 11.8 Å². The molecule has 0 fully saturated rings. The van der Waals surface area contributed by atoms with Crippen molar-refractivity contribution in [2.45, 2.75) is 38.6 Å². The average molecular weight is 414 g/mol. The monoisotopic (exact) mass is 413 g/mol. The topological polar surface area (TPSA) is 57.0 Å². The lowest BCUT2D eigenvalue weighted by Crippen LogP contribution is -2.11. The summed E-state index contributed by atoms with van der Waals surface area (Å²) in [5.41, 5.74) is 0.486. The van der Waals surface area contributed by atoms with Crippen molar-refractivity contribution in [2.75, 3.05) is 5.75 Å². The summed E-state index contributed by atoms with van der Waals surface area (Å²) in [6, 6.07) is 15.1. The predicted octanol–water partition coefficient (Wildman–Crippen LogP) is 5.02. The van der Waals surface area contributed by atoms with E-state index in [4.69, 9.17) is 4.74 Å². The SMILES string of the molecule is CC(C)CCn1c(COc2ccccc2)nnc1SCC(=O)c1ccc(F)cc1. The van der Waals surface area contributed by atoms with E-state index in [0.717, 1.165) is 24.5 Å². The molecule has 0 aliphatic rings. The molecule has 0 saturated heterocycles. The van der Waals surface area contributed by atoms with E-state index in [9.17, 15) is 9.18 Å². The van der Waals surface area contributed by atoms with Crippen LogP contribution in [0.2, 0.25) is 0 Å². The molecule has 0 aliphatic carbocycles. The Labute approximate surface area is 174 Å². The number of hydrogen-bond donors (Lipinski definition) is 0. The van der Waals surface area contributed by atoms with Crippen LogP contribution in [0, 0.1) is 11.7 Å². The minimum atomic E-state index is -0.356. The quantitative estimate of drug-likeness (QED) is 0.345. The van der Waals surface area contributed by atoms with Gasteiger partial charge in [-0.3, -0.25) is 4.79 Å². The minimum absolute atomic E-state index is 0.0736. The molecule has 152 valence electrons. The molecular weight excluding hydrogens is 389 g/mol. The summed E-state index contributed by atoms with van der Waals surface area (Å²) >= 11 is 1.34. The summed E-state index contributed by atoms with van der Waals surface area (Å²) in [5.74, 6) is 1.81. The van der Waals surface area contributed by atoms with Gasteiger partial charge in [-0.15, -0.1) is 10.2 Å². The highest BCUT2D eigenvalue weighted by Crippen LogP contribution is 2.21. The summed E-state index contributed by atoms with van der Waals surface area (Å²) in [6.45, 7) is 5.39. The van der Waals surface area contributed by atoms with Crippen LogP contribution < -0.4 is 4.74 Å². The number of thioether (sulfide) groups is 1. The van der Waals surface area contributed by atoms with E-state index in [-0.39, 0.29) is 17.4 Å². The maximum absolute atomic E-state index is 13.1. The van der Waals surface area contributed by atoms with Crippen LogP contribution in [0.5, 0.6) is 5.75 Å². The largest absolute Gasteiger partial charge is 0.486 e. The molecule has 0 atom stereocenters. The molecule has 0 spiro atoms. The molecule has 2 aromatic carbocycles. The number of para-hydroxylation sites is 1. The van der Waals surface area contributed by atoms with Gasteiger partial charge in [0.25, 0.3) is 0 Å². The van der Waals surface area contributed by atoms with Gasteiger partial charge in [-0.2, -0.15) is 0 Å². The van der Waals surface area contributed by atoms with Crippen molar-refractivity contribution in [1.82, 2.24) is 14.8 Å². The van der Waals surface area contributed by atoms with E-state index >= 15 is 0 Å². The normalized spacial score (nSPS) is 11.0. The number of nitrogens with zero attached hydrogens (tertiary/aromatic N) is 3. The van der Waals surface area contributed by atoms with Gasteiger partial charge in [0.15, 0.2) is 16.8 Å². The molecular formula is C22H24FN3O2S. The molecule has 3 rings (SSSR count). The molecule has 0 bridgehead atoms. The first-order valence-corrected chi connectivity index (χ1v) is 10.5. The fourth-order valence-electron chi connectivity index (χ4n) is 2.66. The van der Waals surface area contributed by atoms with Crippen LogP contribution in [0.3, 0.4) is 0 Å². The smallest absolute Gasteiger partial charge is 0.191 e. The standard InChI is InChI=1S/C22H24FN3O2S/c1-16(2)12-13-26-21(14-28-19-6-4-3-5-7-19)24-25-22(26)29-15-20(27)17-8-10-18(23)11-9-17/h3-11,16H,12-15H2,1-2H3. The number of rotatable bonds is 10. The van der Waals surface area contributed by atoms with E-state index in [1.807, 2.05) is 34.9 Å². The Hall–Kier alpha value is -2.67. The van der Waals surface area contributed by atoms with E-state index < -0.39 is 0 Å². The number of Topliss-reactive ketones (excluding diaryl/α,β-unsaturated/α-hetero) is 1. The summed E-state index contributed by atoms with van der Waals surface area (Å²) in [5, 5.41) is 9.24. The van der Waals surface area contributed by atoms with E-state index in [1.165, 1.54) is 36.0 Å². The Morgan fingerprint density at radius 2 is 1.83 bits per heavy atom. The van der Waals surface area contributed by atoms with Gasteiger partial charge in [0.1, 0.15) is 18.2 Å². The van der Waals surface area contributed by atoms with E-state index in [0.29, 0.717) is 23.2 Å². The number of carbonyl (C=O) groups is 1. The number of hydrogen-bond acceptors (Lipinski definition) is 5. The Morgan fingerprint density at radius 3 is 2.52 bits per heavy atom. The van der Waals surface area contributed by atoms with Crippen LogP contribution in [0.15, 0.2) is 59.8 Å². The molecule has 0 radical (unpaired) electrons. The lowest BCUT2D eigenvalue weighted by atomic mass is 10.1. The van der Waals surface area contributed by atoms with Gasteiger partial charge in [0, 0.05) is 12.1 Å². The third-order valence-corrected chi connectivity index (χ3v) is 5.30. The predicted molar refractivity (Wildman–Crippen MR) is 112 cm³/mol. The summed E-state index contributed by atoms with van der Waals surface area (Å²) in [4.78, 5) is 12.4. The first kappa shape index (κ1) is 21.0. The van der Waals surface area contributed by atoms with Crippen molar-refractivity contribution < 1.29 is 13.9 Å². The van der Waals surface area contributed by atoms with Gasteiger partial charge in [-0.1, -0.05) is 43.8 Å². The zero-order valence-electron chi connectivity index (χ0n) is 16.5. The zero-order valence-corrected chi connectivity index (χ0v) is 17.4. The van der Waals surface area contributed by atoms with Crippen molar-refractivity contribution in [3.8, 4) is 5.75 Å². The van der Waals surface area contributed by atoms with Crippen LogP contribution in [-0.4, -0.2) is 26.3 Å². The molecule has 0 amide bonds. The Balaban J connectivity index is 1.68. The first-order chi connectivity index (χ1) is 14.0. The van der Waals surface area contributed by atoms with Crippen LogP contribution in [0.25, 0.3) is 0 Å². The summed E-state index contributed by atoms with van der Waals surface area (Å²) < 4.78 is 20.9. The van der Waals surface area contributed by atoms with Crippen molar-refractivity contribution >= 4 is 17.5 Å². The number of carbonyl (C=O) groups excluding carboxylic acids is 1. The molecule has 0 unspecified atom stereocenters.